The highest BCUT2D eigenvalue weighted by Gasteiger charge is 2.28. The van der Waals surface area contributed by atoms with Crippen molar-refractivity contribution < 1.29 is 33.3 Å². The number of aromatic nitrogens is 3. The summed E-state index contributed by atoms with van der Waals surface area (Å²) in [7, 11) is -1.61. The largest absolute Gasteiger partial charge is 0.494 e. The third-order valence-corrected chi connectivity index (χ3v) is 8.44. The minimum atomic E-state index is -3.59. The van der Waals surface area contributed by atoms with Crippen LogP contribution in [0.5, 0.6) is 5.88 Å². The van der Waals surface area contributed by atoms with Crippen LogP contribution >= 0.6 is 11.3 Å². The van der Waals surface area contributed by atoms with Gasteiger partial charge in [0, 0.05) is 66.4 Å². The number of aliphatic carboxylic acids is 2. The lowest BCUT2D eigenvalue weighted by Gasteiger charge is -2.31. The lowest BCUT2D eigenvalue weighted by molar-refractivity contribution is -0.134. The number of aromatic amines is 1. The number of nitrogens with zero attached hydrogens (tertiary/aromatic N) is 4. The van der Waals surface area contributed by atoms with E-state index < -0.39 is 22.0 Å². The van der Waals surface area contributed by atoms with Crippen molar-refractivity contribution in [2.45, 2.75) is 4.90 Å². The smallest absolute Gasteiger partial charge is 0.328 e. The molecule has 0 spiro atoms. The molecule has 1 aliphatic heterocycles. The topological polar surface area (TPSA) is 177 Å². The molecule has 12 nitrogen and oxygen atoms in total. The first-order valence-electron chi connectivity index (χ1n) is 11.6. The Labute approximate surface area is 227 Å². The number of fused-ring (bicyclic) bond motifs is 1. The van der Waals surface area contributed by atoms with E-state index in [0.717, 1.165) is 22.2 Å². The number of carboxylic acids is 2. The number of hydrogen-bond acceptors (Lipinski definition) is 9. The second-order valence-corrected chi connectivity index (χ2v) is 11.2. The lowest BCUT2D eigenvalue weighted by atomic mass is 10.1. The van der Waals surface area contributed by atoms with Crippen LogP contribution in [0.25, 0.3) is 33.4 Å². The Balaban J connectivity index is 0.000000386. The third kappa shape index (κ3) is 6.49. The SMILES string of the molecule is CN1CCN(S(=O)(=O)c2ccc(-c3c(O)[nH]c4ccc(-c5cscn5)cc34)nc2)CC1.O=C(O)C=CC(=O)O. The van der Waals surface area contributed by atoms with Crippen LogP contribution < -0.4 is 0 Å². The van der Waals surface area contributed by atoms with E-state index in [-0.39, 0.29) is 10.8 Å². The predicted octanol–water partition coefficient (Wildman–Crippen LogP) is 2.71. The van der Waals surface area contributed by atoms with Gasteiger partial charge in [0.05, 0.1) is 22.5 Å². The van der Waals surface area contributed by atoms with Crippen LogP contribution in [0, 0.1) is 0 Å². The molecule has 1 aromatic carbocycles. The highest BCUT2D eigenvalue weighted by Crippen LogP contribution is 2.37. The van der Waals surface area contributed by atoms with Crippen molar-refractivity contribution >= 4 is 44.2 Å². The molecule has 14 heteroatoms. The molecule has 0 bridgehead atoms. The zero-order valence-corrected chi connectivity index (χ0v) is 22.3. The van der Waals surface area contributed by atoms with Gasteiger partial charge in [0.25, 0.3) is 0 Å². The van der Waals surface area contributed by atoms with Crippen LogP contribution in [-0.4, -0.2) is 93.1 Å². The number of aromatic hydroxyl groups is 1. The van der Waals surface area contributed by atoms with Gasteiger partial charge in [0.2, 0.25) is 10.0 Å². The normalized spacial score (nSPS) is 14.8. The van der Waals surface area contributed by atoms with E-state index in [1.54, 1.807) is 17.6 Å². The molecule has 4 heterocycles. The van der Waals surface area contributed by atoms with Gasteiger partial charge in [-0.1, -0.05) is 6.07 Å². The average molecular weight is 572 g/mol. The fraction of sp³-hybridized carbons (Fsp3) is 0.200. The molecule has 0 radical (unpaired) electrons. The summed E-state index contributed by atoms with van der Waals surface area (Å²) in [5, 5.41) is 28.9. The summed E-state index contributed by atoms with van der Waals surface area (Å²) in [6.07, 6.45) is 2.48. The Hall–Kier alpha value is -4.11. The summed E-state index contributed by atoms with van der Waals surface area (Å²) in [6, 6.07) is 8.97. The highest BCUT2D eigenvalue weighted by molar-refractivity contribution is 7.89. The molecule has 1 fully saturated rings. The molecule has 0 aliphatic carbocycles. The van der Waals surface area contributed by atoms with Crippen LogP contribution in [0.3, 0.4) is 0 Å². The van der Waals surface area contributed by atoms with Gasteiger partial charge >= 0.3 is 11.9 Å². The number of pyridine rings is 1. The van der Waals surface area contributed by atoms with Gasteiger partial charge in [0.1, 0.15) is 4.90 Å². The number of nitrogens with one attached hydrogen (secondary N) is 1. The van der Waals surface area contributed by atoms with Crippen molar-refractivity contribution in [3.05, 3.63) is 59.6 Å². The molecule has 1 aliphatic rings. The number of benzene rings is 1. The van der Waals surface area contributed by atoms with Crippen LogP contribution in [0.4, 0.5) is 0 Å². The van der Waals surface area contributed by atoms with Crippen molar-refractivity contribution in [2.24, 2.45) is 0 Å². The molecular weight excluding hydrogens is 546 g/mol. The van der Waals surface area contributed by atoms with E-state index in [4.69, 9.17) is 10.2 Å². The Kier molecular flexibility index (Phi) is 8.40. The van der Waals surface area contributed by atoms with Crippen molar-refractivity contribution in [3.8, 4) is 28.4 Å². The van der Waals surface area contributed by atoms with Crippen molar-refractivity contribution in [1.82, 2.24) is 24.2 Å². The zero-order valence-electron chi connectivity index (χ0n) is 20.7. The summed E-state index contributed by atoms with van der Waals surface area (Å²) in [5.41, 5.74) is 5.37. The number of piperazine rings is 1. The molecule has 0 saturated carbocycles. The Morgan fingerprint density at radius 2 is 1.69 bits per heavy atom. The average Bonchev–Trinajstić information content (AvgIpc) is 3.55. The number of carbonyl (C=O) groups is 2. The van der Waals surface area contributed by atoms with Crippen molar-refractivity contribution in [1.29, 1.82) is 0 Å². The number of thiazole rings is 1. The maximum atomic E-state index is 13.0. The molecule has 5 rings (SSSR count). The molecule has 4 N–H and O–H groups in total. The van der Waals surface area contributed by atoms with E-state index >= 15 is 0 Å². The van der Waals surface area contributed by atoms with Crippen LogP contribution in [-0.2, 0) is 19.6 Å². The van der Waals surface area contributed by atoms with Gasteiger partial charge in [-0.3, -0.25) is 4.98 Å². The predicted molar refractivity (Wildman–Crippen MR) is 145 cm³/mol. The highest BCUT2D eigenvalue weighted by atomic mass is 32.2. The Morgan fingerprint density at radius 1 is 1.00 bits per heavy atom. The fourth-order valence-electron chi connectivity index (χ4n) is 3.95. The van der Waals surface area contributed by atoms with Crippen molar-refractivity contribution in [2.75, 3.05) is 33.2 Å². The van der Waals surface area contributed by atoms with Crippen LogP contribution in [0.15, 0.2) is 64.5 Å². The molecule has 0 atom stereocenters. The number of hydrogen-bond donors (Lipinski definition) is 4. The van der Waals surface area contributed by atoms with Crippen LogP contribution in [0.2, 0.25) is 0 Å². The maximum Gasteiger partial charge on any atom is 0.328 e. The van der Waals surface area contributed by atoms with Crippen molar-refractivity contribution in [3.63, 3.8) is 0 Å². The summed E-state index contributed by atoms with van der Waals surface area (Å²) in [4.78, 5) is 33.1. The number of rotatable bonds is 6. The molecule has 204 valence electrons. The minimum absolute atomic E-state index is 0.00685. The summed E-state index contributed by atoms with van der Waals surface area (Å²) in [5.74, 6) is -2.52. The molecule has 0 unspecified atom stereocenters. The number of likely N-dealkylation sites (N-methyl/N-ethyl adjacent to an activating group) is 1. The summed E-state index contributed by atoms with van der Waals surface area (Å²) >= 11 is 1.52. The van der Waals surface area contributed by atoms with Gasteiger partial charge in [0.15, 0.2) is 5.88 Å². The maximum absolute atomic E-state index is 13.0. The van der Waals surface area contributed by atoms with Gasteiger partial charge in [-0.2, -0.15) is 4.31 Å². The van der Waals surface area contributed by atoms with E-state index in [0.29, 0.717) is 49.6 Å². The van der Waals surface area contributed by atoms with Gasteiger partial charge in [-0.05, 0) is 31.3 Å². The Morgan fingerprint density at radius 3 is 2.26 bits per heavy atom. The first-order valence-corrected chi connectivity index (χ1v) is 14.0. The second-order valence-electron chi connectivity index (χ2n) is 8.58. The van der Waals surface area contributed by atoms with Gasteiger partial charge in [-0.25, -0.2) is 23.0 Å². The Bertz CT molecular complexity index is 1590. The van der Waals surface area contributed by atoms with E-state index in [9.17, 15) is 23.1 Å². The molecule has 1 saturated heterocycles. The van der Waals surface area contributed by atoms with Gasteiger partial charge in [-0.15, -0.1) is 11.3 Å². The molecular formula is C25H25N5O7S2. The first kappa shape index (κ1) is 27.9. The summed E-state index contributed by atoms with van der Waals surface area (Å²) in [6.45, 7) is 2.33. The second kappa shape index (κ2) is 11.7. The number of sulfonamides is 1. The fourth-order valence-corrected chi connectivity index (χ4v) is 5.88. The number of carboxylic acid groups (broad SMARTS) is 2. The van der Waals surface area contributed by atoms with Gasteiger partial charge < -0.3 is 25.2 Å². The van der Waals surface area contributed by atoms with Crippen LogP contribution in [0.1, 0.15) is 0 Å². The zero-order chi connectivity index (χ0) is 28.2. The van der Waals surface area contributed by atoms with E-state index in [2.05, 4.69) is 19.9 Å². The lowest BCUT2D eigenvalue weighted by Crippen LogP contribution is -2.47. The molecule has 4 aromatic rings. The summed E-state index contributed by atoms with van der Waals surface area (Å²) < 4.78 is 27.4. The molecule has 3 aromatic heterocycles. The monoisotopic (exact) mass is 571 g/mol. The quantitative estimate of drug-likeness (QED) is 0.252. The molecule has 39 heavy (non-hydrogen) atoms. The minimum Gasteiger partial charge on any atom is -0.494 e. The van der Waals surface area contributed by atoms with E-state index in [1.807, 2.05) is 30.6 Å². The number of H-pyrrole nitrogens is 1. The van der Waals surface area contributed by atoms with E-state index in [1.165, 1.54) is 21.8 Å². The standard InChI is InChI=1S/C21H21N5O3S2.C4H4O4/c1-25-6-8-26(9-7-25)31(28,29)15-3-5-18(22-11-15)20-16-10-14(19-12-30-13-23-19)2-4-17(16)24-21(20)27;5-3(6)1-2-4(7)8/h2-5,10-13,24,27H,6-9H2,1H3;1-2H,(H,5,6)(H,7,8). The molecule has 0 amide bonds. The first-order chi connectivity index (χ1) is 18.6. The third-order valence-electron chi connectivity index (χ3n) is 5.97.